The summed E-state index contributed by atoms with van der Waals surface area (Å²) in [4.78, 5) is 16.8. The number of carbonyl (C=O) groups is 1. The minimum absolute atomic E-state index is 0.0508. The van der Waals surface area contributed by atoms with Crippen LogP contribution in [0.3, 0.4) is 0 Å². The van der Waals surface area contributed by atoms with Gasteiger partial charge in [-0.05, 0) is 60.6 Å². The normalized spacial score (nSPS) is 12.8. The van der Waals surface area contributed by atoms with Crippen molar-refractivity contribution in [2.75, 3.05) is 17.6 Å². The van der Waals surface area contributed by atoms with Gasteiger partial charge in [0.2, 0.25) is 5.91 Å². The molecular formula is C29H38N4O3. The number of anilines is 2. The number of aromatic nitrogens is 1. The molecular weight excluding hydrogens is 452 g/mol. The maximum absolute atomic E-state index is 12.7. The second-order valence-electron chi connectivity index (χ2n) is 11.0. The number of benzene rings is 2. The second kappa shape index (κ2) is 11.1. The lowest BCUT2D eigenvalue weighted by Crippen LogP contribution is -2.43. The molecule has 0 bridgehead atoms. The number of β-amino-alcohol motifs (C(OH)–C–C–N with tert-alkyl or cyclic N) is 1. The third-order valence-electron chi connectivity index (χ3n) is 6.11. The first-order valence-electron chi connectivity index (χ1n) is 12.2. The summed E-state index contributed by atoms with van der Waals surface area (Å²) in [6.45, 7) is 10.8. The standard InChI is InChI=1S/C29H38N4O3/c1-28(2,3)22-10-11-24(34)23(15-22)33-27(36)14-19-7-6-8-20(13-19)16-29(4,5)32-18-25(35)21-9-12-26(30)31-17-21/h6-13,15,17,25,32,34-35H,14,16,18H2,1-5H3,(H2,30,31)(H,33,36)/t25-/m1/s1. The van der Waals surface area contributed by atoms with E-state index in [9.17, 15) is 15.0 Å². The van der Waals surface area contributed by atoms with Gasteiger partial charge in [-0.15, -0.1) is 0 Å². The summed E-state index contributed by atoms with van der Waals surface area (Å²) < 4.78 is 0. The number of aliphatic hydroxyl groups is 1. The molecule has 3 rings (SSSR count). The Morgan fingerprint density at radius 1 is 1.03 bits per heavy atom. The van der Waals surface area contributed by atoms with Gasteiger partial charge in [-0.25, -0.2) is 4.98 Å². The van der Waals surface area contributed by atoms with Crippen molar-refractivity contribution in [3.63, 3.8) is 0 Å². The Labute approximate surface area is 213 Å². The highest BCUT2D eigenvalue weighted by molar-refractivity contribution is 5.93. The van der Waals surface area contributed by atoms with Crippen LogP contribution in [0, 0.1) is 0 Å². The molecule has 1 heterocycles. The van der Waals surface area contributed by atoms with Gasteiger partial charge in [-0.1, -0.05) is 57.2 Å². The molecule has 0 saturated heterocycles. The van der Waals surface area contributed by atoms with E-state index in [1.807, 2.05) is 36.4 Å². The Balaban J connectivity index is 1.59. The molecule has 0 aliphatic carbocycles. The molecule has 2 aromatic carbocycles. The minimum atomic E-state index is -0.694. The molecule has 3 aromatic rings. The molecule has 192 valence electrons. The first-order valence-corrected chi connectivity index (χ1v) is 12.2. The van der Waals surface area contributed by atoms with E-state index < -0.39 is 6.10 Å². The van der Waals surface area contributed by atoms with E-state index in [1.165, 1.54) is 0 Å². The van der Waals surface area contributed by atoms with Crippen molar-refractivity contribution < 1.29 is 15.0 Å². The molecule has 0 spiro atoms. The molecule has 7 heteroatoms. The van der Waals surface area contributed by atoms with Gasteiger partial charge < -0.3 is 26.6 Å². The van der Waals surface area contributed by atoms with Gasteiger partial charge >= 0.3 is 0 Å². The average Bonchev–Trinajstić information content (AvgIpc) is 2.78. The van der Waals surface area contributed by atoms with Crippen LogP contribution < -0.4 is 16.4 Å². The molecule has 0 aliphatic rings. The molecule has 0 aliphatic heterocycles. The SMILES string of the molecule is CC(C)(Cc1cccc(CC(=O)Nc2cc(C(C)(C)C)ccc2O)c1)NC[C@@H](O)c1ccc(N)nc1. The number of aliphatic hydroxyl groups excluding tert-OH is 1. The van der Waals surface area contributed by atoms with Crippen LogP contribution in [0.2, 0.25) is 0 Å². The van der Waals surface area contributed by atoms with Crippen LogP contribution in [0.5, 0.6) is 5.75 Å². The first-order chi connectivity index (χ1) is 16.8. The molecule has 6 N–H and O–H groups in total. The molecule has 0 unspecified atom stereocenters. The molecule has 1 atom stereocenters. The van der Waals surface area contributed by atoms with Crippen LogP contribution in [0.1, 0.15) is 63.0 Å². The van der Waals surface area contributed by atoms with Crippen molar-refractivity contribution in [1.82, 2.24) is 10.3 Å². The highest BCUT2D eigenvalue weighted by atomic mass is 16.3. The molecule has 0 saturated carbocycles. The minimum Gasteiger partial charge on any atom is -0.506 e. The van der Waals surface area contributed by atoms with E-state index in [4.69, 9.17) is 5.73 Å². The van der Waals surface area contributed by atoms with E-state index in [0.29, 0.717) is 30.0 Å². The Bertz CT molecular complexity index is 1180. The van der Waals surface area contributed by atoms with Crippen LogP contribution in [-0.2, 0) is 23.1 Å². The van der Waals surface area contributed by atoms with Gasteiger partial charge in [0.1, 0.15) is 11.6 Å². The van der Waals surface area contributed by atoms with Crippen molar-refractivity contribution >= 4 is 17.4 Å². The fourth-order valence-corrected chi connectivity index (χ4v) is 4.01. The number of rotatable bonds is 9. The molecule has 1 aromatic heterocycles. The third-order valence-corrected chi connectivity index (χ3v) is 6.11. The van der Waals surface area contributed by atoms with Crippen LogP contribution >= 0.6 is 0 Å². The Morgan fingerprint density at radius 3 is 2.42 bits per heavy atom. The zero-order valence-corrected chi connectivity index (χ0v) is 21.8. The van der Waals surface area contributed by atoms with Gasteiger partial charge in [-0.3, -0.25) is 4.79 Å². The van der Waals surface area contributed by atoms with Gasteiger partial charge in [-0.2, -0.15) is 0 Å². The maximum atomic E-state index is 12.7. The summed E-state index contributed by atoms with van der Waals surface area (Å²) in [6, 6.07) is 16.7. The largest absolute Gasteiger partial charge is 0.506 e. The van der Waals surface area contributed by atoms with Gasteiger partial charge in [0.05, 0.1) is 18.2 Å². The highest BCUT2D eigenvalue weighted by Gasteiger charge is 2.21. The topological polar surface area (TPSA) is 120 Å². The number of carbonyl (C=O) groups excluding carboxylic acids is 1. The quantitative estimate of drug-likeness (QED) is 0.282. The summed E-state index contributed by atoms with van der Waals surface area (Å²) in [5, 5.41) is 27.0. The lowest BCUT2D eigenvalue weighted by atomic mass is 9.87. The number of hydrogen-bond acceptors (Lipinski definition) is 6. The predicted octanol–water partition coefficient (Wildman–Crippen LogP) is 4.49. The number of phenolic OH excluding ortho intramolecular Hbond substituents is 1. The predicted molar refractivity (Wildman–Crippen MR) is 145 cm³/mol. The number of nitrogens with two attached hydrogens (primary N) is 1. The fourth-order valence-electron chi connectivity index (χ4n) is 4.01. The van der Waals surface area contributed by atoms with Gasteiger partial charge in [0, 0.05) is 23.8 Å². The van der Waals surface area contributed by atoms with E-state index in [2.05, 4.69) is 50.2 Å². The summed E-state index contributed by atoms with van der Waals surface area (Å²) in [7, 11) is 0. The van der Waals surface area contributed by atoms with Crippen LogP contribution in [0.15, 0.2) is 60.8 Å². The first kappa shape index (κ1) is 27.2. The molecule has 1 amide bonds. The molecule has 36 heavy (non-hydrogen) atoms. The Morgan fingerprint density at radius 2 is 1.75 bits per heavy atom. The number of pyridine rings is 1. The number of hydrogen-bond donors (Lipinski definition) is 5. The molecule has 0 radical (unpaired) electrons. The Kier molecular flexibility index (Phi) is 8.38. The summed E-state index contributed by atoms with van der Waals surface area (Å²) in [5.41, 5.74) is 9.37. The summed E-state index contributed by atoms with van der Waals surface area (Å²) in [6.07, 6.45) is 1.80. The number of nitrogens with zero attached hydrogens (tertiary/aromatic N) is 1. The third kappa shape index (κ3) is 7.80. The number of amides is 1. The van der Waals surface area contributed by atoms with Gasteiger partial charge in [0.15, 0.2) is 0 Å². The second-order valence-corrected chi connectivity index (χ2v) is 11.0. The smallest absolute Gasteiger partial charge is 0.228 e. The van der Waals surface area contributed by atoms with Crippen LogP contribution in [0.25, 0.3) is 0 Å². The Hall–Kier alpha value is -3.42. The van der Waals surface area contributed by atoms with E-state index in [-0.39, 0.29) is 29.0 Å². The fraction of sp³-hybridized carbons (Fsp3) is 0.379. The van der Waals surface area contributed by atoms with E-state index in [1.54, 1.807) is 24.4 Å². The van der Waals surface area contributed by atoms with Crippen LogP contribution in [-0.4, -0.2) is 33.2 Å². The lowest BCUT2D eigenvalue weighted by molar-refractivity contribution is -0.115. The van der Waals surface area contributed by atoms with E-state index in [0.717, 1.165) is 16.7 Å². The zero-order chi connectivity index (χ0) is 26.5. The number of phenols is 1. The molecule has 7 nitrogen and oxygen atoms in total. The number of nitrogen functional groups attached to an aromatic ring is 1. The monoisotopic (exact) mass is 490 g/mol. The average molecular weight is 491 g/mol. The van der Waals surface area contributed by atoms with Crippen molar-refractivity contribution in [2.45, 2.75) is 64.5 Å². The van der Waals surface area contributed by atoms with E-state index >= 15 is 0 Å². The number of aromatic hydroxyl groups is 1. The van der Waals surface area contributed by atoms with Gasteiger partial charge in [0.25, 0.3) is 0 Å². The summed E-state index contributed by atoms with van der Waals surface area (Å²) >= 11 is 0. The lowest BCUT2D eigenvalue weighted by Gasteiger charge is -2.28. The van der Waals surface area contributed by atoms with Crippen molar-refractivity contribution in [3.05, 3.63) is 83.0 Å². The van der Waals surface area contributed by atoms with Crippen molar-refractivity contribution in [2.24, 2.45) is 0 Å². The number of nitrogens with one attached hydrogen (secondary N) is 2. The zero-order valence-electron chi connectivity index (χ0n) is 21.8. The summed E-state index contributed by atoms with van der Waals surface area (Å²) in [5.74, 6) is 0.281. The molecule has 0 fully saturated rings. The van der Waals surface area contributed by atoms with Crippen LogP contribution in [0.4, 0.5) is 11.5 Å². The highest BCUT2D eigenvalue weighted by Crippen LogP contribution is 2.30. The van der Waals surface area contributed by atoms with Crippen molar-refractivity contribution in [3.8, 4) is 5.75 Å². The maximum Gasteiger partial charge on any atom is 0.228 e. The van der Waals surface area contributed by atoms with Crippen molar-refractivity contribution in [1.29, 1.82) is 0 Å².